The molecule has 0 aliphatic heterocycles. The summed E-state index contributed by atoms with van der Waals surface area (Å²) in [7, 11) is 0. The van der Waals surface area contributed by atoms with Gasteiger partial charge in [-0.15, -0.1) is 5.10 Å². The van der Waals surface area contributed by atoms with E-state index in [2.05, 4.69) is 5.10 Å². The SMILES string of the molecule is O=c1oc(-c2c(F)cccc2F)nn1-c1ccccc1F. The van der Waals surface area contributed by atoms with Crippen LogP contribution in [-0.4, -0.2) is 9.78 Å². The van der Waals surface area contributed by atoms with Gasteiger partial charge in [0.25, 0.3) is 5.89 Å². The van der Waals surface area contributed by atoms with Crippen molar-refractivity contribution in [3.63, 3.8) is 0 Å². The lowest BCUT2D eigenvalue weighted by Crippen LogP contribution is -2.14. The Kier molecular flexibility index (Phi) is 3.09. The second-order valence-corrected chi connectivity index (χ2v) is 4.13. The highest BCUT2D eigenvalue weighted by Gasteiger charge is 2.20. The van der Waals surface area contributed by atoms with E-state index < -0.39 is 34.7 Å². The van der Waals surface area contributed by atoms with Gasteiger partial charge in [0, 0.05) is 0 Å². The molecule has 3 aromatic rings. The van der Waals surface area contributed by atoms with E-state index in [0.717, 1.165) is 18.2 Å². The molecule has 0 aliphatic carbocycles. The van der Waals surface area contributed by atoms with Crippen LogP contribution in [0.3, 0.4) is 0 Å². The Labute approximate surface area is 116 Å². The summed E-state index contributed by atoms with van der Waals surface area (Å²) in [5.41, 5.74) is -0.751. The first kappa shape index (κ1) is 13.2. The third-order valence-electron chi connectivity index (χ3n) is 2.81. The molecular weight excluding hydrogens is 285 g/mol. The first-order chi connectivity index (χ1) is 10.1. The van der Waals surface area contributed by atoms with Gasteiger partial charge in [-0.05, 0) is 24.3 Å². The number of benzene rings is 2. The lowest BCUT2D eigenvalue weighted by molar-refractivity contribution is 0.500. The van der Waals surface area contributed by atoms with Crippen LogP contribution in [0.5, 0.6) is 0 Å². The normalized spacial score (nSPS) is 10.8. The molecule has 0 bridgehead atoms. The summed E-state index contributed by atoms with van der Waals surface area (Å²) in [6.45, 7) is 0. The van der Waals surface area contributed by atoms with Crippen LogP contribution in [0.1, 0.15) is 0 Å². The molecule has 0 N–H and O–H groups in total. The molecule has 0 aliphatic rings. The minimum absolute atomic E-state index is 0.172. The Morgan fingerprint density at radius 3 is 2.19 bits per heavy atom. The molecule has 1 heterocycles. The standard InChI is InChI=1S/C14H7F3N2O2/c15-8-4-1-2-7-11(8)19-14(20)21-13(18-19)12-9(16)5-3-6-10(12)17/h1-7H. The highest BCUT2D eigenvalue weighted by Crippen LogP contribution is 2.23. The average molecular weight is 292 g/mol. The van der Waals surface area contributed by atoms with E-state index in [-0.39, 0.29) is 5.69 Å². The second kappa shape index (κ2) is 4.93. The van der Waals surface area contributed by atoms with E-state index in [1.54, 1.807) is 0 Å². The predicted octanol–water partition coefficient (Wildman–Crippen LogP) is 2.91. The van der Waals surface area contributed by atoms with Crippen LogP contribution in [0.15, 0.2) is 51.7 Å². The molecule has 106 valence electrons. The molecule has 4 nitrogen and oxygen atoms in total. The summed E-state index contributed by atoms with van der Waals surface area (Å²) in [5.74, 6) is -4.18. The van der Waals surface area contributed by atoms with Crippen molar-refractivity contribution >= 4 is 0 Å². The Morgan fingerprint density at radius 2 is 1.52 bits per heavy atom. The molecule has 0 saturated carbocycles. The molecule has 0 radical (unpaired) electrons. The minimum Gasteiger partial charge on any atom is -0.387 e. The molecule has 0 amide bonds. The van der Waals surface area contributed by atoms with Gasteiger partial charge in [0.2, 0.25) is 0 Å². The number of aromatic nitrogens is 2. The maximum Gasteiger partial charge on any atom is 0.442 e. The Hall–Kier alpha value is -2.83. The van der Waals surface area contributed by atoms with Gasteiger partial charge in [-0.2, -0.15) is 4.68 Å². The van der Waals surface area contributed by atoms with Crippen molar-refractivity contribution in [3.05, 3.63) is 70.5 Å². The van der Waals surface area contributed by atoms with Crippen LogP contribution < -0.4 is 5.76 Å². The maximum atomic E-state index is 13.6. The first-order valence-corrected chi connectivity index (χ1v) is 5.87. The summed E-state index contributed by atoms with van der Waals surface area (Å²) < 4.78 is 46.2. The zero-order valence-corrected chi connectivity index (χ0v) is 10.4. The van der Waals surface area contributed by atoms with Gasteiger partial charge in [0.15, 0.2) is 0 Å². The third kappa shape index (κ3) is 2.22. The number of para-hydroxylation sites is 1. The van der Waals surface area contributed by atoms with E-state index >= 15 is 0 Å². The van der Waals surface area contributed by atoms with Gasteiger partial charge < -0.3 is 4.42 Å². The fourth-order valence-corrected chi connectivity index (χ4v) is 1.86. The molecule has 0 fully saturated rings. The van der Waals surface area contributed by atoms with Crippen LogP contribution >= 0.6 is 0 Å². The van der Waals surface area contributed by atoms with Gasteiger partial charge in [-0.25, -0.2) is 18.0 Å². The largest absolute Gasteiger partial charge is 0.442 e. The molecule has 0 unspecified atom stereocenters. The Balaban J connectivity index is 2.20. The topological polar surface area (TPSA) is 48.0 Å². The molecule has 3 rings (SSSR count). The van der Waals surface area contributed by atoms with Crippen molar-refractivity contribution in [3.8, 4) is 17.1 Å². The zero-order valence-electron chi connectivity index (χ0n) is 10.4. The smallest absolute Gasteiger partial charge is 0.387 e. The van der Waals surface area contributed by atoms with E-state index in [0.29, 0.717) is 4.68 Å². The fourth-order valence-electron chi connectivity index (χ4n) is 1.86. The third-order valence-corrected chi connectivity index (χ3v) is 2.81. The molecular formula is C14H7F3N2O2. The van der Waals surface area contributed by atoms with Crippen molar-refractivity contribution in [2.75, 3.05) is 0 Å². The van der Waals surface area contributed by atoms with Crippen molar-refractivity contribution in [2.24, 2.45) is 0 Å². The second-order valence-electron chi connectivity index (χ2n) is 4.13. The minimum atomic E-state index is -1.04. The number of hydrogen-bond acceptors (Lipinski definition) is 3. The molecule has 0 saturated heterocycles. The summed E-state index contributed by atoms with van der Waals surface area (Å²) >= 11 is 0. The zero-order chi connectivity index (χ0) is 15.0. The van der Waals surface area contributed by atoms with E-state index in [1.165, 1.54) is 24.3 Å². The van der Waals surface area contributed by atoms with Crippen LogP contribution in [0.2, 0.25) is 0 Å². The van der Waals surface area contributed by atoms with Crippen LogP contribution in [-0.2, 0) is 0 Å². The van der Waals surface area contributed by atoms with E-state index in [4.69, 9.17) is 4.42 Å². The predicted molar refractivity (Wildman–Crippen MR) is 67.4 cm³/mol. The van der Waals surface area contributed by atoms with Crippen molar-refractivity contribution in [1.82, 2.24) is 9.78 Å². The summed E-state index contributed by atoms with van der Waals surface area (Å²) in [5, 5.41) is 3.65. The summed E-state index contributed by atoms with van der Waals surface area (Å²) in [4.78, 5) is 11.7. The lowest BCUT2D eigenvalue weighted by Gasteiger charge is -2.00. The van der Waals surface area contributed by atoms with Crippen molar-refractivity contribution < 1.29 is 17.6 Å². The fraction of sp³-hybridized carbons (Fsp3) is 0. The van der Waals surface area contributed by atoms with Gasteiger partial charge >= 0.3 is 5.76 Å². The van der Waals surface area contributed by atoms with Gasteiger partial charge in [-0.3, -0.25) is 0 Å². The summed E-state index contributed by atoms with van der Waals surface area (Å²) in [6, 6.07) is 8.51. The lowest BCUT2D eigenvalue weighted by atomic mass is 10.2. The van der Waals surface area contributed by atoms with Crippen molar-refractivity contribution in [2.45, 2.75) is 0 Å². The van der Waals surface area contributed by atoms with Crippen molar-refractivity contribution in [1.29, 1.82) is 0 Å². The Morgan fingerprint density at radius 1 is 0.905 bits per heavy atom. The number of halogens is 3. The van der Waals surface area contributed by atoms with Crippen LogP contribution in [0, 0.1) is 17.5 Å². The van der Waals surface area contributed by atoms with Crippen LogP contribution in [0.25, 0.3) is 17.1 Å². The monoisotopic (exact) mass is 292 g/mol. The maximum absolute atomic E-state index is 13.6. The van der Waals surface area contributed by atoms with Crippen LogP contribution in [0.4, 0.5) is 13.2 Å². The van der Waals surface area contributed by atoms with Gasteiger partial charge in [0.05, 0.1) is 0 Å². The van der Waals surface area contributed by atoms with Gasteiger partial charge in [0.1, 0.15) is 28.7 Å². The Bertz CT molecular complexity index is 850. The van der Waals surface area contributed by atoms with E-state index in [9.17, 15) is 18.0 Å². The highest BCUT2D eigenvalue weighted by molar-refractivity contribution is 5.54. The number of hydrogen-bond donors (Lipinski definition) is 0. The number of nitrogens with zero attached hydrogens (tertiary/aromatic N) is 2. The highest BCUT2D eigenvalue weighted by atomic mass is 19.1. The average Bonchev–Trinajstić information content (AvgIpc) is 2.81. The summed E-state index contributed by atoms with van der Waals surface area (Å²) in [6.07, 6.45) is 0. The van der Waals surface area contributed by atoms with E-state index in [1.807, 2.05) is 0 Å². The molecule has 2 aromatic carbocycles. The molecule has 0 spiro atoms. The first-order valence-electron chi connectivity index (χ1n) is 5.87. The quantitative estimate of drug-likeness (QED) is 0.729. The molecule has 1 aromatic heterocycles. The van der Waals surface area contributed by atoms with Gasteiger partial charge in [-0.1, -0.05) is 18.2 Å². The molecule has 21 heavy (non-hydrogen) atoms. The molecule has 0 atom stereocenters. The molecule has 7 heteroatoms. The number of rotatable bonds is 2.